The highest BCUT2D eigenvalue weighted by Crippen LogP contribution is 2.28. The topological polar surface area (TPSA) is 133 Å². The van der Waals surface area contributed by atoms with E-state index in [1.54, 1.807) is 30.3 Å². The maximum Gasteiger partial charge on any atom is 0.411 e. The number of thioether (sulfide) groups is 2. The predicted octanol–water partition coefficient (Wildman–Crippen LogP) is 1.98. The summed E-state index contributed by atoms with van der Waals surface area (Å²) in [6.45, 7) is 0.0761. The molecule has 2 N–H and O–H groups in total. The molecule has 3 amide bonds. The Morgan fingerprint density at radius 1 is 0.868 bits per heavy atom. The first-order chi connectivity index (χ1) is 18.3. The van der Waals surface area contributed by atoms with Crippen LogP contribution in [0.1, 0.15) is 11.1 Å². The van der Waals surface area contributed by atoms with Gasteiger partial charge in [0.05, 0.1) is 11.8 Å². The van der Waals surface area contributed by atoms with Gasteiger partial charge in [-0.3, -0.25) is 19.3 Å². The molecular formula is C26H27N3O7S2. The highest BCUT2D eigenvalue weighted by atomic mass is 32.2. The van der Waals surface area contributed by atoms with Crippen molar-refractivity contribution in [3.05, 3.63) is 71.8 Å². The number of carboxylic acids is 1. The zero-order valence-corrected chi connectivity index (χ0v) is 22.0. The number of nitrogens with zero attached hydrogens (tertiary/aromatic N) is 2. The molecule has 3 atom stereocenters. The van der Waals surface area contributed by atoms with Crippen LogP contribution >= 0.6 is 23.5 Å². The van der Waals surface area contributed by atoms with Gasteiger partial charge in [0, 0.05) is 17.9 Å². The second-order valence-electron chi connectivity index (χ2n) is 8.77. The van der Waals surface area contributed by atoms with Crippen LogP contribution in [0.3, 0.4) is 0 Å². The zero-order valence-electron chi connectivity index (χ0n) is 20.4. The van der Waals surface area contributed by atoms with Crippen LogP contribution in [0.4, 0.5) is 4.79 Å². The monoisotopic (exact) mass is 557 g/mol. The number of carbonyl (C=O) groups excluding carboxylic acids is 4. The number of amides is 3. The first-order valence-electron chi connectivity index (χ1n) is 11.9. The summed E-state index contributed by atoms with van der Waals surface area (Å²) >= 11 is 2.79. The third-order valence-electron chi connectivity index (χ3n) is 6.20. The SMILES string of the molecule is O=C(O)C(=O)[C@H](Cc1ccccc1)NC(=O)[C@@H]1CSCN1C(=O)[C@@H]1CSCN1C(=O)OCc1ccccc1. The third kappa shape index (κ3) is 6.67. The Bertz CT molecular complexity index is 1180. The number of Topliss-reactive ketones (excluding diaryl/α,β-unsaturated/α-hetero) is 1. The molecular weight excluding hydrogens is 530 g/mol. The van der Waals surface area contributed by atoms with Crippen molar-refractivity contribution >= 4 is 53.2 Å². The van der Waals surface area contributed by atoms with E-state index in [0.717, 1.165) is 5.56 Å². The minimum Gasteiger partial charge on any atom is -0.475 e. The molecule has 0 bridgehead atoms. The van der Waals surface area contributed by atoms with E-state index in [9.17, 15) is 29.1 Å². The summed E-state index contributed by atoms with van der Waals surface area (Å²) in [7, 11) is 0. The molecule has 12 heteroatoms. The van der Waals surface area contributed by atoms with E-state index in [-0.39, 0.29) is 36.4 Å². The van der Waals surface area contributed by atoms with E-state index >= 15 is 0 Å². The van der Waals surface area contributed by atoms with Gasteiger partial charge < -0.3 is 20.1 Å². The summed E-state index contributed by atoms with van der Waals surface area (Å²) in [6.07, 6.45) is -0.605. The predicted molar refractivity (Wildman–Crippen MR) is 142 cm³/mol. The van der Waals surface area contributed by atoms with E-state index in [1.165, 1.54) is 33.3 Å². The van der Waals surface area contributed by atoms with E-state index < -0.39 is 41.9 Å². The molecule has 0 unspecified atom stereocenters. The first-order valence-corrected chi connectivity index (χ1v) is 14.2. The molecule has 0 aromatic heterocycles. The van der Waals surface area contributed by atoms with Gasteiger partial charge >= 0.3 is 12.1 Å². The minimum absolute atomic E-state index is 0.00577. The van der Waals surface area contributed by atoms with Crippen LogP contribution in [0.25, 0.3) is 0 Å². The molecule has 10 nitrogen and oxygen atoms in total. The number of carboxylic acid groups (broad SMARTS) is 1. The number of aliphatic carboxylic acids is 1. The fraction of sp³-hybridized carbons (Fsp3) is 0.346. The summed E-state index contributed by atoms with van der Waals surface area (Å²) in [6, 6.07) is 15.0. The van der Waals surface area contributed by atoms with Crippen molar-refractivity contribution in [2.75, 3.05) is 23.3 Å². The number of hydrogen-bond donors (Lipinski definition) is 2. The van der Waals surface area contributed by atoms with Crippen molar-refractivity contribution < 1.29 is 33.8 Å². The average molecular weight is 558 g/mol. The van der Waals surface area contributed by atoms with E-state index in [0.29, 0.717) is 11.3 Å². The van der Waals surface area contributed by atoms with Gasteiger partial charge in [-0.15, -0.1) is 23.5 Å². The van der Waals surface area contributed by atoms with Crippen LogP contribution < -0.4 is 5.32 Å². The summed E-state index contributed by atoms with van der Waals surface area (Å²) in [5.74, 6) is -2.60. The fourth-order valence-corrected chi connectivity index (χ4v) is 6.47. The largest absolute Gasteiger partial charge is 0.475 e. The molecule has 2 saturated heterocycles. The van der Waals surface area contributed by atoms with Crippen LogP contribution in [0.2, 0.25) is 0 Å². The van der Waals surface area contributed by atoms with Crippen LogP contribution in [0.5, 0.6) is 0 Å². The molecule has 38 heavy (non-hydrogen) atoms. The van der Waals surface area contributed by atoms with Gasteiger partial charge in [-0.1, -0.05) is 60.7 Å². The third-order valence-corrected chi connectivity index (χ3v) is 8.23. The number of rotatable bonds is 9. The van der Waals surface area contributed by atoms with Gasteiger partial charge in [0.25, 0.3) is 5.78 Å². The highest BCUT2D eigenvalue weighted by Gasteiger charge is 2.44. The number of hydrogen-bond acceptors (Lipinski definition) is 8. The standard InChI is InChI=1S/C26H27N3O7S2/c30-22(25(33)34)19(11-17-7-3-1-4-8-17)27-23(31)20-13-37-15-28(20)24(32)21-14-38-16-29(21)26(35)36-12-18-9-5-2-6-10-18/h1-10,19-21H,11-16H2,(H,27,31)(H,33,34)/t19-,20-,21-/m0/s1. The molecule has 0 radical (unpaired) electrons. The second-order valence-corrected chi connectivity index (χ2v) is 10.8. The van der Waals surface area contributed by atoms with Crippen molar-refractivity contribution in [1.82, 2.24) is 15.1 Å². The number of ketones is 1. The van der Waals surface area contributed by atoms with Crippen molar-refractivity contribution in [3.8, 4) is 0 Å². The van der Waals surface area contributed by atoms with Crippen LogP contribution in [0, 0.1) is 0 Å². The minimum atomic E-state index is -1.65. The second kappa shape index (κ2) is 12.8. The van der Waals surface area contributed by atoms with Gasteiger partial charge in [-0.25, -0.2) is 9.59 Å². The summed E-state index contributed by atoms with van der Waals surface area (Å²) in [5, 5.41) is 11.8. The Labute approximate surface area is 228 Å². The molecule has 0 saturated carbocycles. The van der Waals surface area contributed by atoms with E-state index in [4.69, 9.17) is 4.74 Å². The van der Waals surface area contributed by atoms with Gasteiger partial charge in [0.2, 0.25) is 11.8 Å². The van der Waals surface area contributed by atoms with Gasteiger partial charge in [0.15, 0.2) is 0 Å². The summed E-state index contributed by atoms with van der Waals surface area (Å²) < 4.78 is 5.41. The Balaban J connectivity index is 1.41. The Hall–Kier alpha value is -3.51. The lowest BCUT2D eigenvalue weighted by atomic mass is 10.0. The quantitative estimate of drug-likeness (QED) is 0.444. The van der Waals surface area contributed by atoms with Crippen molar-refractivity contribution in [3.63, 3.8) is 0 Å². The Morgan fingerprint density at radius 2 is 1.45 bits per heavy atom. The lowest BCUT2D eigenvalue weighted by Crippen LogP contribution is -2.56. The number of nitrogens with one attached hydrogen (secondary N) is 1. The first kappa shape index (κ1) is 27.5. The maximum atomic E-state index is 13.5. The molecule has 2 aromatic carbocycles. The van der Waals surface area contributed by atoms with E-state index in [1.807, 2.05) is 30.3 Å². The van der Waals surface area contributed by atoms with Gasteiger partial charge in [0.1, 0.15) is 24.7 Å². The molecule has 4 rings (SSSR count). The van der Waals surface area contributed by atoms with Crippen LogP contribution in [0.15, 0.2) is 60.7 Å². The summed E-state index contributed by atoms with van der Waals surface area (Å²) in [4.78, 5) is 65.9. The molecule has 2 heterocycles. The normalized spacial score (nSPS) is 19.6. The Morgan fingerprint density at radius 3 is 2.08 bits per heavy atom. The molecule has 2 aliphatic rings. The van der Waals surface area contributed by atoms with Crippen LogP contribution in [-0.2, 0) is 36.9 Å². The maximum absolute atomic E-state index is 13.5. The van der Waals surface area contributed by atoms with Crippen molar-refractivity contribution in [2.45, 2.75) is 31.2 Å². The summed E-state index contributed by atoms with van der Waals surface area (Å²) in [5.41, 5.74) is 1.51. The molecule has 2 aliphatic heterocycles. The number of benzene rings is 2. The fourth-order valence-electron chi connectivity index (χ4n) is 4.17. The lowest BCUT2D eigenvalue weighted by Gasteiger charge is -2.30. The zero-order chi connectivity index (χ0) is 27.1. The Kier molecular flexibility index (Phi) is 9.29. The smallest absolute Gasteiger partial charge is 0.411 e. The lowest BCUT2D eigenvalue weighted by molar-refractivity contribution is -0.150. The van der Waals surface area contributed by atoms with Crippen LogP contribution in [-0.4, -0.2) is 86.0 Å². The van der Waals surface area contributed by atoms with E-state index in [2.05, 4.69) is 5.32 Å². The molecule has 200 valence electrons. The van der Waals surface area contributed by atoms with Gasteiger partial charge in [-0.2, -0.15) is 0 Å². The van der Waals surface area contributed by atoms with Crippen molar-refractivity contribution in [2.24, 2.45) is 0 Å². The highest BCUT2D eigenvalue weighted by molar-refractivity contribution is 7.99. The molecule has 2 fully saturated rings. The molecule has 2 aromatic rings. The molecule has 0 spiro atoms. The van der Waals surface area contributed by atoms with Gasteiger partial charge in [-0.05, 0) is 11.1 Å². The molecule has 0 aliphatic carbocycles. The number of ether oxygens (including phenoxy) is 1. The van der Waals surface area contributed by atoms with Crippen molar-refractivity contribution in [1.29, 1.82) is 0 Å². The number of carbonyl (C=O) groups is 5. The average Bonchev–Trinajstić information content (AvgIpc) is 3.62.